The molecule has 0 N–H and O–H groups in total. The molecule has 146 valence electrons. The summed E-state index contributed by atoms with van der Waals surface area (Å²) in [5, 5.41) is 0. The molecule has 1 saturated heterocycles. The average molecular weight is 377 g/mol. The first kappa shape index (κ1) is 20.5. The minimum Gasteiger partial charge on any atom is -0.444 e. The van der Waals surface area contributed by atoms with E-state index in [4.69, 9.17) is 8.92 Å². The molecule has 2 rings (SSSR count). The zero-order chi connectivity index (χ0) is 18.7. The molecule has 2 unspecified atom stereocenters. The van der Waals surface area contributed by atoms with Crippen molar-refractivity contribution in [3.8, 4) is 0 Å². The van der Waals surface area contributed by atoms with Gasteiger partial charge >= 0.3 is 6.09 Å². The topological polar surface area (TPSA) is 76.2 Å². The van der Waals surface area contributed by atoms with Crippen molar-refractivity contribution in [1.82, 2.24) is 9.80 Å². The highest BCUT2D eigenvalue weighted by Crippen LogP contribution is 2.30. The third-order valence-corrected chi connectivity index (χ3v) is 5.36. The summed E-state index contributed by atoms with van der Waals surface area (Å²) in [6.07, 6.45) is 5.17. The van der Waals surface area contributed by atoms with E-state index in [-0.39, 0.29) is 18.6 Å². The number of nitrogens with zero attached hydrogens (tertiary/aromatic N) is 2. The van der Waals surface area contributed by atoms with Crippen LogP contribution in [0.1, 0.15) is 46.5 Å². The summed E-state index contributed by atoms with van der Waals surface area (Å²) in [6, 6.07) is 0.330. The summed E-state index contributed by atoms with van der Waals surface area (Å²) in [5.74, 6) is 0.233. The lowest BCUT2D eigenvalue weighted by atomic mass is 9.84. The van der Waals surface area contributed by atoms with Crippen LogP contribution in [-0.2, 0) is 19.0 Å². The molecular weight excluding hydrogens is 344 g/mol. The maximum atomic E-state index is 12.2. The lowest BCUT2D eigenvalue weighted by molar-refractivity contribution is -0.000576. The van der Waals surface area contributed by atoms with Gasteiger partial charge < -0.3 is 9.64 Å². The smallest absolute Gasteiger partial charge is 0.410 e. The van der Waals surface area contributed by atoms with Gasteiger partial charge in [-0.3, -0.25) is 9.08 Å². The molecule has 0 aromatic rings. The first-order valence-electron chi connectivity index (χ1n) is 9.11. The van der Waals surface area contributed by atoms with E-state index in [1.54, 1.807) is 4.90 Å². The number of piperazine rings is 1. The highest BCUT2D eigenvalue weighted by molar-refractivity contribution is 7.85. The second-order valence-electron chi connectivity index (χ2n) is 8.10. The Balaban J connectivity index is 1.88. The molecule has 1 saturated carbocycles. The minimum absolute atomic E-state index is 0.233. The fourth-order valence-electron chi connectivity index (χ4n) is 3.64. The van der Waals surface area contributed by atoms with Crippen LogP contribution in [0.15, 0.2) is 0 Å². The first-order chi connectivity index (χ1) is 11.6. The van der Waals surface area contributed by atoms with E-state index in [2.05, 4.69) is 4.90 Å². The van der Waals surface area contributed by atoms with Crippen LogP contribution in [0.2, 0.25) is 0 Å². The fraction of sp³-hybridized carbons (Fsp3) is 0.941. The van der Waals surface area contributed by atoms with Crippen LogP contribution in [0.5, 0.6) is 0 Å². The van der Waals surface area contributed by atoms with Crippen molar-refractivity contribution in [3.63, 3.8) is 0 Å². The molecule has 0 bridgehead atoms. The summed E-state index contributed by atoms with van der Waals surface area (Å²) < 4.78 is 33.1. The van der Waals surface area contributed by atoms with Crippen LogP contribution in [0.25, 0.3) is 0 Å². The van der Waals surface area contributed by atoms with Crippen molar-refractivity contribution in [3.05, 3.63) is 0 Å². The maximum Gasteiger partial charge on any atom is 0.410 e. The van der Waals surface area contributed by atoms with E-state index in [1.165, 1.54) is 0 Å². The lowest BCUT2D eigenvalue weighted by Gasteiger charge is -2.44. The molecule has 1 amide bonds. The molecule has 0 aromatic carbocycles. The molecule has 0 radical (unpaired) electrons. The predicted molar refractivity (Wildman–Crippen MR) is 95.9 cm³/mol. The van der Waals surface area contributed by atoms with Crippen molar-refractivity contribution in [2.24, 2.45) is 5.92 Å². The van der Waals surface area contributed by atoms with E-state index in [1.807, 2.05) is 20.8 Å². The van der Waals surface area contributed by atoms with Gasteiger partial charge in [0.15, 0.2) is 0 Å². The standard InChI is InChI=1S/C17H32N2O5S/c1-17(2,3)24-16(20)19-11-9-18(10-12-19)15-8-6-5-7-14(15)13-23-25(4,21)22/h14-15H,5-13H2,1-4H3. The van der Waals surface area contributed by atoms with Crippen LogP contribution < -0.4 is 0 Å². The Morgan fingerprint density at radius 3 is 2.24 bits per heavy atom. The van der Waals surface area contributed by atoms with Gasteiger partial charge in [0.1, 0.15) is 5.60 Å². The maximum absolute atomic E-state index is 12.2. The van der Waals surface area contributed by atoms with E-state index in [0.29, 0.717) is 19.1 Å². The third kappa shape index (κ3) is 6.75. The van der Waals surface area contributed by atoms with Crippen molar-refractivity contribution in [2.75, 3.05) is 39.0 Å². The number of amides is 1. The Morgan fingerprint density at radius 2 is 1.68 bits per heavy atom. The van der Waals surface area contributed by atoms with Crippen LogP contribution in [0.3, 0.4) is 0 Å². The molecular formula is C17H32N2O5S. The van der Waals surface area contributed by atoms with Crippen molar-refractivity contribution in [2.45, 2.75) is 58.1 Å². The fourth-order valence-corrected chi connectivity index (χ4v) is 4.06. The Labute approximate surface area is 151 Å². The molecule has 2 fully saturated rings. The molecule has 8 heteroatoms. The molecule has 7 nitrogen and oxygen atoms in total. The van der Waals surface area contributed by atoms with Gasteiger partial charge in [0.2, 0.25) is 0 Å². The van der Waals surface area contributed by atoms with Gasteiger partial charge in [0.05, 0.1) is 12.9 Å². The van der Waals surface area contributed by atoms with Crippen LogP contribution >= 0.6 is 0 Å². The Bertz CT molecular complexity index is 550. The van der Waals surface area contributed by atoms with E-state index < -0.39 is 15.7 Å². The summed E-state index contributed by atoms with van der Waals surface area (Å²) in [4.78, 5) is 16.3. The molecule has 1 heterocycles. The van der Waals surface area contributed by atoms with Gasteiger partial charge in [0, 0.05) is 32.2 Å². The van der Waals surface area contributed by atoms with Crippen LogP contribution in [0, 0.1) is 5.92 Å². The Hall–Kier alpha value is -0.860. The van der Waals surface area contributed by atoms with Gasteiger partial charge in [0.25, 0.3) is 10.1 Å². The summed E-state index contributed by atoms with van der Waals surface area (Å²) in [6.45, 7) is 8.74. The number of carbonyl (C=O) groups excluding carboxylic acids is 1. The monoisotopic (exact) mass is 376 g/mol. The van der Waals surface area contributed by atoms with Gasteiger partial charge in [-0.2, -0.15) is 8.42 Å². The second kappa shape index (κ2) is 8.22. The van der Waals surface area contributed by atoms with Crippen molar-refractivity contribution >= 4 is 16.2 Å². The van der Waals surface area contributed by atoms with Crippen LogP contribution in [-0.4, -0.2) is 75.0 Å². The number of rotatable bonds is 4. The minimum atomic E-state index is -3.40. The zero-order valence-corrected chi connectivity index (χ0v) is 16.7. The van der Waals surface area contributed by atoms with E-state index in [9.17, 15) is 13.2 Å². The quantitative estimate of drug-likeness (QED) is 0.699. The van der Waals surface area contributed by atoms with Crippen molar-refractivity contribution < 1.29 is 22.1 Å². The molecule has 25 heavy (non-hydrogen) atoms. The third-order valence-electron chi connectivity index (χ3n) is 4.80. The van der Waals surface area contributed by atoms with Gasteiger partial charge in [-0.05, 0) is 39.5 Å². The molecule has 1 aliphatic carbocycles. The Kier molecular flexibility index (Phi) is 6.73. The second-order valence-corrected chi connectivity index (χ2v) is 9.75. The molecule has 0 spiro atoms. The van der Waals surface area contributed by atoms with Crippen LogP contribution in [0.4, 0.5) is 4.79 Å². The lowest BCUT2D eigenvalue weighted by Crippen LogP contribution is -2.55. The highest BCUT2D eigenvalue weighted by atomic mass is 32.2. The molecule has 2 aliphatic rings. The number of hydrogen-bond acceptors (Lipinski definition) is 6. The molecule has 1 aliphatic heterocycles. The van der Waals surface area contributed by atoms with Gasteiger partial charge in [-0.1, -0.05) is 12.8 Å². The van der Waals surface area contributed by atoms with Crippen molar-refractivity contribution in [1.29, 1.82) is 0 Å². The highest BCUT2D eigenvalue weighted by Gasteiger charge is 2.34. The van der Waals surface area contributed by atoms with Gasteiger partial charge in [-0.25, -0.2) is 4.79 Å². The summed E-state index contributed by atoms with van der Waals surface area (Å²) in [5.41, 5.74) is -0.480. The summed E-state index contributed by atoms with van der Waals surface area (Å²) in [7, 11) is -3.40. The zero-order valence-electron chi connectivity index (χ0n) is 15.9. The Morgan fingerprint density at radius 1 is 1.08 bits per heavy atom. The normalized spacial score (nSPS) is 26.5. The molecule has 0 aromatic heterocycles. The largest absolute Gasteiger partial charge is 0.444 e. The average Bonchev–Trinajstić information content (AvgIpc) is 2.51. The summed E-state index contributed by atoms with van der Waals surface area (Å²) >= 11 is 0. The van der Waals surface area contributed by atoms with E-state index in [0.717, 1.165) is 45.0 Å². The van der Waals surface area contributed by atoms with E-state index >= 15 is 0 Å². The molecule has 2 atom stereocenters. The SMILES string of the molecule is CC(C)(C)OC(=O)N1CCN(C2CCCCC2COS(C)(=O)=O)CC1. The predicted octanol–water partition coefficient (Wildman–Crippen LogP) is 2.07. The first-order valence-corrected chi connectivity index (χ1v) is 10.9. The number of ether oxygens (including phenoxy) is 1. The number of hydrogen-bond donors (Lipinski definition) is 0. The van der Waals surface area contributed by atoms with Gasteiger partial charge in [-0.15, -0.1) is 0 Å². The number of carbonyl (C=O) groups is 1.